The molecule has 0 amide bonds. The van der Waals surface area contributed by atoms with Crippen molar-refractivity contribution in [3.8, 4) is 0 Å². The maximum atomic E-state index is 11.3. The number of nitrogens with zero attached hydrogens (tertiary/aromatic N) is 1. The van der Waals surface area contributed by atoms with Gasteiger partial charge in [-0.25, -0.2) is 0 Å². The summed E-state index contributed by atoms with van der Waals surface area (Å²) in [5, 5.41) is 9.31. The molecule has 1 N–H and O–H groups in total. The molecule has 0 atom stereocenters. The van der Waals surface area contributed by atoms with Crippen LogP contribution in [-0.2, 0) is 9.53 Å². The van der Waals surface area contributed by atoms with Gasteiger partial charge in [0.2, 0.25) is 0 Å². The van der Waals surface area contributed by atoms with Crippen LogP contribution in [0.5, 0.6) is 0 Å². The highest BCUT2D eigenvalue weighted by atomic mass is 16.5. The van der Waals surface area contributed by atoms with E-state index in [1.165, 1.54) is 19.3 Å². The van der Waals surface area contributed by atoms with Crippen molar-refractivity contribution in [2.24, 2.45) is 0 Å². The molecule has 20 heavy (non-hydrogen) atoms. The number of carboxylic acid groups (broad SMARTS) is 1. The quantitative estimate of drug-likeness (QED) is 0.842. The third-order valence-corrected chi connectivity index (χ3v) is 5.54. The third kappa shape index (κ3) is 3.53. The number of aliphatic carboxylic acids is 1. The summed E-state index contributed by atoms with van der Waals surface area (Å²) in [6.07, 6.45) is 10.9. The van der Waals surface area contributed by atoms with Gasteiger partial charge in [0, 0.05) is 18.7 Å². The summed E-state index contributed by atoms with van der Waals surface area (Å²) in [6, 6.07) is 0.527. The fourth-order valence-electron chi connectivity index (χ4n) is 4.20. The standard InChI is InChI=1S/C16H29NO3/c1-17(13-6-8-14(20-2)9-7-13)16(12-15(18)19)10-4-3-5-11-16/h13-14H,3-12H2,1-2H3,(H,18,19). The van der Waals surface area contributed by atoms with Gasteiger partial charge in [0.1, 0.15) is 0 Å². The SMILES string of the molecule is COC1CCC(N(C)C2(CC(=O)O)CCCCC2)CC1. The number of carboxylic acids is 1. The highest BCUT2D eigenvalue weighted by molar-refractivity contribution is 5.68. The number of carbonyl (C=O) groups is 1. The Labute approximate surface area is 122 Å². The van der Waals surface area contributed by atoms with Gasteiger partial charge in [0.05, 0.1) is 12.5 Å². The van der Waals surface area contributed by atoms with Crippen LogP contribution in [0, 0.1) is 0 Å². The van der Waals surface area contributed by atoms with E-state index < -0.39 is 5.97 Å². The number of hydrogen-bond donors (Lipinski definition) is 1. The van der Waals surface area contributed by atoms with E-state index in [2.05, 4.69) is 11.9 Å². The number of hydrogen-bond acceptors (Lipinski definition) is 3. The highest BCUT2D eigenvalue weighted by Crippen LogP contribution is 2.39. The number of methoxy groups -OCH3 is 1. The molecule has 0 radical (unpaired) electrons. The minimum absolute atomic E-state index is 0.103. The average Bonchev–Trinajstić information content (AvgIpc) is 2.47. The van der Waals surface area contributed by atoms with E-state index in [0.717, 1.165) is 38.5 Å². The smallest absolute Gasteiger partial charge is 0.305 e. The van der Waals surface area contributed by atoms with Crippen molar-refractivity contribution < 1.29 is 14.6 Å². The molecule has 0 aromatic heterocycles. The Morgan fingerprint density at radius 1 is 1.20 bits per heavy atom. The Bertz CT molecular complexity index is 318. The molecule has 0 aromatic carbocycles. The fourth-order valence-corrected chi connectivity index (χ4v) is 4.20. The first-order chi connectivity index (χ1) is 9.57. The van der Waals surface area contributed by atoms with Crippen LogP contribution in [-0.4, -0.2) is 47.8 Å². The van der Waals surface area contributed by atoms with E-state index in [4.69, 9.17) is 4.74 Å². The van der Waals surface area contributed by atoms with E-state index in [-0.39, 0.29) is 5.54 Å². The van der Waals surface area contributed by atoms with E-state index in [0.29, 0.717) is 18.6 Å². The van der Waals surface area contributed by atoms with E-state index in [1.54, 1.807) is 7.11 Å². The summed E-state index contributed by atoms with van der Waals surface area (Å²) >= 11 is 0. The van der Waals surface area contributed by atoms with Gasteiger partial charge in [0.25, 0.3) is 0 Å². The molecule has 0 aromatic rings. The molecule has 0 bridgehead atoms. The van der Waals surface area contributed by atoms with Crippen LogP contribution >= 0.6 is 0 Å². The molecule has 2 aliphatic rings. The normalized spacial score (nSPS) is 30.4. The van der Waals surface area contributed by atoms with Gasteiger partial charge in [-0.1, -0.05) is 19.3 Å². The molecule has 0 unspecified atom stereocenters. The predicted molar refractivity (Wildman–Crippen MR) is 78.9 cm³/mol. The fraction of sp³-hybridized carbons (Fsp3) is 0.938. The lowest BCUT2D eigenvalue weighted by molar-refractivity contribution is -0.142. The lowest BCUT2D eigenvalue weighted by atomic mass is 9.76. The second-order valence-corrected chi connectivity index (χ2v) is 6.63. The summed E-state index contributed by atoms with van der Waals surface area (Å²) < 4.78 is 5.44. The van der Waals surface area contributed by atoms with Crippen molar-refractivity contribution in [3.63, 3.8) is 0 Å². The summed E-state index contributed by atoms with van der Waals surface area (Å²) in [7, 11) is 3.95. The van der Waals surface area contributed by atoms with E-state index >= 15 is 0 Å². The van der Waals surface area contributed by atoms with Gasteiger partial charge in [0.15, 0.2) is 0 Å². The zero-order valence-electron chi connectivity index (χ0n) is 12.9. The lowest BCUT2D eigenvalue weighted by Crippen LogP contribution is -2.54. The molecule has 0 saturated heterocycles. The maximum Gasteiger partial charge on any atom is 0.305 e. The Hall–Kier alpha value is -0.610. The van der Waals surface area contributed by atoms with Gasteiger partial charge in [-0.3, -0.25) is 9.69 Å². The van der Waals surface area contributed by atoms with Crippen LogP contribution in [0.15, 0.2) is 0 Å². The molecule has 116 valence electrons. The first-order valence-electron chi connectivity index (χ1n) is 8.05. The Morgan fingerprint density at radius 2 is 1.80 bits per heavy atom. The molecule has 2 rings (SSSR count). The van der Waals surface area contributed by atoms with Gasteiger partial charge in [-0.15, -0.1) is 0 Å². The van der Waals surface area contributed by atoms with Gasteiger partial charge < -0.3 is 9.84 Å². The Morgan fingerprint density at radius 3 is 2.30 bits per heavy atom. The van der Waals surface area contributed by atoms with Crippen molar-refractivity contribution in [2.45, 2.75) is 81.9 Å². The molecule has 2 aliphatic carbocycles. The van der Waals surface area contributed by atoms with Crippen molar-refractivity contribution in [1.29, 1.82) is 0 Å². The molecule has 2 fully saturated rings. The van der Waals surface area contributed by atoms with Crippen LogP contribution < -0.4 is 0 Å². The summed E-state index contributed by atoms with van der Waals surface area (Å²) in [4.78, 5) is 13.7. The highest BCUT2D eigenvalue weighted by Gasteiger charge is 2.41. The Kier molecular flexibility index (Phi) is 5.44. The van der Waals surface area contributed by atoms with Crippen LogP contribution in [0.1, 0.15) is 64.2 Å². The second-order valence-electron chi connectivity index (χ2n) is 6.63. The van der Waals surface area contributed by atoms with Crippen LogP contribution in [0.25, 0.3) is 0 Å². The zero-order chi connectivity index (χ0) is 14.6. The zero-order valence-corrected chi connectivity index (χ0v) is 12.9. The minimum atomic E-state index is -0.649. The summed E-state index contributed by atoms with van der Waals surface area (Å²) in [5.41, 5.74) is -0.103. The average molecular weight is 283 g/mol. The van der Waals surface area contributed by atoms with Crippen molar-refractivity contribution in [1.82, 2.24) is 4.90 Å². The maximum absolute atomic E-state index is 11.3. The molecule has 0 aliphatic heterocycles. The van der Waals surface area contributed by atoms with Crippen molar-refractivity contribution >= 4 is 5.97 Å². The van der Waals surface area contributed by atoms with Gasteiger partial charge in [-0.2, -0.15) is 0 Å². The molecular weight excluding hydrogens is 254 g/mol. The number of ether oxygens (including phenoxy) is 1. The predicted octanol–water partition coefficient (Wildman–Crippen LogP) is 3.05. The first kappa shape index (κ1) is 15.8. The largest absolute Gasteiger partial charge is 0.481 e. The second kappa shape index (κ2) is 6.90. The third-order valence-electron chi connectivity index (χ3n) is 5.54. The molecule has 0 heterocycles. The van der Waals surface area contributed by atoms with Crippen molar-refractivity contribution in [3.05, 3.63) is 0 Å². The van der Waals surface area contributed by atoms with Crippen molar-refractivity contribution in [2.75, 3.05) is 14.2 Å². The molecular formula is C16H29NO3. The minimum Gasteiger partial charge on any atom is -0.481 e. The first-order valence-corrected chi connectivity index (χ1v) is 8.05. The topological polar surface area (TPSA) is 49.8 Å². The number of rotatable bonds is 5. The molecule has 0 spiro atoms. The van der Waals surface area contributed by atoms with Crippen LogP contribution in [0.3, 0.4) is 0 Å². The lowest BCUT2D eigenvalue weighted by Gasteiger charge is -2.49. The monoisotopic (exact) mass is 283 g/mol. The van der Waals surface area contributed by atoms with Gasteiger partial charge in [-0.05, 0) is 45.6 Å². The van der Waals surface area contributed by atoms with Crippen LogP contribution in [0.4, 0.5) is 0 Å². The van der Waals surface area contributed by atoms with E-state index in [9.17, 15) is 9.90 Å². The Balaban J connectivity index is 2.02. The van der Waals surface area contributed by atoms with E-state index in [1.807, 2.05) is 0 Å². The van der Waals surface area contributed by atoms with Crippen LogP contribution in [0.2, 0.25) is 0 Å². The molecule has 4 heteroatoms. The summed E-state index contributed by atoms with van der Waals surface area (Å²) in [5.74, 6) is -0.649. The molecule has 4 nitrogen and oxygen atoms in total. The molecule has 2 saturated carbocycles. The van der Waals surface area contributed by atoms with Gasteiger partial charge >= 0.3 is 5.97 Å². The summed E-state index contributed by atoms with van der Waals surface area (Å²) in [6.45, 7) is 0.